The lowest BCUT2D eigenvalue weighted by Gasteiger charge is -2.26. The Labute approximate surface area is 126 Å². The summed E-state index contributed by atoms with van der Waals surface area (Å²) in [6, 6.07) is 25.9. The average molecular weight is 275 g/mol. The van der Waals surface area contributed by atoms with Crippen molar-refractivity contribution in [1.29, 1.82) is 0 Å². The van der Waals surface area contributed by atoms with Crippen molar-refractivity contribution < 1.29 is 0 Å². The number of fused-ring (bicyclic) bond motifs is 1. The van der Waals surface area contributed by atoms with Crippen LogP contribution in [0.25, 0.3) is 10.8 Å². The molecule has 0 N–H and O–H groups in total. The van der Waals surface area contributed by atoms with Crippen LogP contribution >= 0.6 is 0 Å². The minimum atomic E-state index is 1.05. The summed E-state index contributed by atoms with van der Waals surface area (Å²) in [7, 11) is 0. The number of hydrogen-bond donors (Lipinski definition) is 0. The van der Waals surface area contributed by atoms with Crippen molar-refractivity contribution in [2.75, 3.05) is 11.4 Å². The van der Waals surface area contributed by atoms with E-state index in [0.717, 1.165) is 6.54 Å². The Morgan fingerprint density at radius 2 is 1.48 bits per heavy atom. The summed E-state index contributed by atoms with van der Waals surface area (Å²) in [5, 5.41) is 2.62. The summed E-state index contributed by atoms with van der Waals surface area (Å²) in [6.45, 7) is 3.29. The molecule has 3 rings (SSSR count). The standard InChI is InChI=1S/C20H21N/c1-2-3-16-21(18-12-5-4-6-13-18)20-15-9-11-17-10-7-8-14-19(17)20/h4-15H,2-3,16H2,1H3. The van der Waals surface area contributed by atoms with Gasteiger partial charge in [-0.2, -0.15) is 0 Å². The first-order valence-corrected chi connectivity index (χ1v) is 7.70. The van der Waals surface area contributed by atoms with Gasteiger partial charge in [-0.05, 0) is 30.0 Å². The number of para-hydroxylation sites is 1. The van der Waals surface area contributed by atoms with E-state index in [9.17, 15) is 0 Å². The van der Waals surface area contributed by atoms with Gasteiger partial charge in [-0.3, -0.25) is 0 Å². The molecule has 0 saturated heterocycles. The second kappa shape index (κ2) is 6.45. The lowest BCUT2D eigenvalue weighted by atomic mass is 10.1. The number of anilines is 2. The van der Waals surface area contributed by atoms with E-state index >= 15 is 0 Å². The first-order chi connectivity index (χ1) is 10.4. The Kier molecular flexibility index (Phi) is 4.20. The lowest BCUT2D eigenvalue weighted by molar-refractivity contribution is 0.787. The monoisotopic (exact) mass is 275 g/mol. The minimum Gasteiger partial charge on any atom is -0.341 e. The van der Waals surface area contributed by atoms with E-state index in [-0.39, 0.29) is 0 Å². The highest BCUT2D eigenvalue weighted by atomic mass is 15.1. The molecule has 0 fully saturated rings. The zero-order valence-corrected chi connectivity index (χ0v) is 12.5. The fourth-order valence-electron chi connectivity index (χ4n) is 2.76. The Morgan fingerprint density at radius 1 is 0.762 bits per heavy atom. The lowest BCUT2D eigenvalue weighted by Crippen LogP contribution is -2.18. The maximum absolute atomic E-state index is 2.44. The van der Waals surface area contributed by atoms with Crippen LogP contribution in [-0.2, 0) is 0 Å². The predicted molar refractivity (Wildman–Crippen MR) is 92.3 cm³/mol. The molecule has 1 nitrogen and oxygen atoms in total. The van der Waals surface area contributed by atoms with Gasteiger partial charge in [0.1, 0.15) is 0 Å². The van der Waals surface area contributed by atoms with Crippen LogP contribution in [0, 0.1) is 0 Å². The van der Waals surface area contributed by atoms with Gasteiger partial charge in [0.05, 0.1) is 0 Å². The molecule has 21 heavy (non-hydrogen) atoms. The zero-order valence-electron chi connectivity index (χ0n) is 12.5. The molecule has 0 radical (unpaired) electrons. The molecule has 0 heterocycles. The van der Waals surface area contributed by atoms with E-state index < -0.39 is 0 Å². The van der Waals surface area contributed by atoms with Crippen molar-refractivity contribution in [3.05, 3.63) is 72.8 Å². The molecule has 0 amide bonds. The van der Waals surface area contributed by atoms with E-state index in [1.165, 1.54) is 35.0 Å². The van der Waals surface area contributed by atoms with E-state index in [2.05, 4.69) is 84.6 Å². The van der Waals surface area contributed by atoms with E-state index in [1.807, 2.05) is 0 Å². The van der Waals surface area contributed by atoms with Crippen LogP contribution < -0.4 is 4.90 Å². The molecule has 0 aliphatic heterocycles. The minimum absolute atomic E-state index is 1.05. The average Bonchev–Trinajstić information content (AvgIpc) is 2.56. The van der Waals surface area contributed by atoms with E-state index in [4.69, 9.17) is 0 Å². The highest BCUT2D eigenvalue weighted by Crippen LogP contribution is 2.32. The Bertz CT molecular complexity index is 698. The van der Waals surface area contributed by atoms with Crippen LogP contribution in [-0.4, -0.2) is 6.54 Å². The van der Waals surface area contributed by atoms with Crippen LogP contribution in [0.3, 0.4) is 0 Å². The predicted octanol–water partition coefficient (Wildman–Crippen LogP) is 5.78. The van der Waals surface area contributed by atoms with Crippen LogP contribution in [0.1, 0.15) is 19.8 Å². The van der Waals surface area contributed by atoms with Gasteiger partial charge in [0.15, 0.2) is 0 Å². The number of hydrogen-bond acceptors (Lipinski definition) is 1. The highest BCUT2D eigenvalue weighted by Gasteiger charge is 2.11. The summed E-state index contributed by atoms with van der Waals surface area (Å²) < 4.78 is 0. The van der Waals surface area contributed by atoms with Crippen molar-refractivity contribution >= 4 is 22.1 Å². The molecule has 0 spiro atoms. The molecule has 0 aromatic heterocycles. The van der Waals surface area contributed by atoms with Crippen LogP contribution in [0.15, 0.2) is 72.8 Å². The molecule has 3 aromatic carbocycles. The fourth-order valence-corrected chi connectivity index (χ4v) is 2.76. The van der Waals surface area contributed by atoms with Crippen molar-refractivity contribution in [2.24, 2.45) is 0 Å². The van der Waals surface area contributed by atoms with Crippen molar-refractivity contribution in [3.8, 4) is 0 Å². The molecule has 0 aliphatic rings. The number of benzene rings is 3. The molecule has 1 heteroatoms. The van der Waals surface area contributed by atoms with Gasteiger partial charge in [-0.15, -0.1) is 0 Å². The summed E-state index contributed by atoms with van der Waals surface area (Å²) in [6.07, 6.45) is 2.40. The molecule has 106 valence electrons. The molecule has 0 saturated carbocycles. The molecule has 0 bridgehead atoms. The topological polar surface area (TPSA) is 3.24 Å². The van der Waals surface area contributed by atoms with Crippen molar-refractivity contribution in [1.82, 2.24) is 0 Å². The maximum atomic E-state index is 2.44. The number of nitrogens with zero attached hydrogens (tertiary/aromatic N) is 1. The summed E-state index contributed by atoms with van der Waals surface area (Å²) in [5.41, 5.74) is 2.56. The largest absolute Gasteiger partial charge is 0.341 e. The first kappa shape index (κ1) is 13.7. The maximum Gasteiger partial charge on any atom is 0.0490 e. The smallest absolute Gasteiger partial charge is 0.0490 e. The molecule has 0 aliphatic carbocycles. The Hall–Kier alpha value is -2.28. The summed E-state index contributed by atoms with van der Waals surface area (Å²) in [4.78, 5) is 2.44. The van der Waals surface area contributed by atoms with Gasteiger partial charge >= 0.3 is 0 Å². The molecular formula is C20H21N. The van der Waals surface area contributed by atoms with E-state index in [1.54, 1.807) is 0 Å². The Balaban J connectivity index is 2.10. The SMILES string of the molecule is CCCCN(c1ccccc1)c1cccc2ccccc12. The molecular weight excluding hydrogens is 254 g/mol. The Morgan fingerprint density at radius 3 is 2.29 bits per heavy atom. The van der Waals surface area contributed by atoms with Crippen molar-refractivity contribution in [2.45, 2.75) is 19.8 Å². The third kappa shape index (κ3) is 2.92. The first-order valence-electron chi connectivity index (χ1n) is 7.70. The van der Waals surface area contributed by atoms with Crippen LogP contribution in [0.5, 0.6) is 0 Å². The third-order valence-corrected chi connectivity index (χ3v) is 3.86. The molecule has 3 aromatic rings. The van der Waals surface area contributed by atoms with Crippen LogP contribution in [0.4, 0.5) is 11.4 Å². The number of rotatable bonds is 5. The van der Waals surface area contributed by atoms with Gasteiger partial charge < -0.3 is 4.90 Å². The number of unbranched alkanes of at least 4 members (excludes halogenated alkanes) is 1. The van der Waals surface area contributed by atoms with Crippen molar-refractivity contribution in [3.63, 3.8) is 0 Å². The second-order valence-corrected chi connectivity index (χ2v) is 5.34. The molecule has 0 atom stereocenters. The van der Waals surface area contributed by atoms with Gasteiger partial charge in [-0.25, -0.2) is 0 Å². The van der Waals surface area contributed by atoms with Crippen LogP contribution in [0.2, 0.25) is 0 Å². The third-order valence-electron chi connectivity index (χ3n) is 3.86. The normalized spacial score (nSPS) is 10.7. The summed E-state index contributed by atoms with van der Waals surface area (Å²) in [5.74, 6) is 0. The second-order valence-electron chi connectivity index (χ2n) is 5.34. The van der Waals surface area contributed by atoms with Gasteiger partial charge in [-0.1, -0.05) is 67.9 Å². The fraction of sp³-hybridized carbons (Fsp3) is 0.200. The highest BCUT2D eigenvalue weighted by molar-refractivity contribution is 5.96. The molecule has 0 unspecified atom stereocenters. The quantitative estimate of drug-likeness (QED) is 0.570. The van der Waals surface area contributed by atoms with Gasteiger partial charge in [0.25, 0.3) is 0 Å². The van der Waals surface area contributed by atoms with E-state index in [0.29, 0.717) is 0 Å². The van der Waals surface area contributed by atoms with Gasteiger partial charge in [0, 0.05) is 23.3 Å². The summed E-state index contributed by atoms with van der Waals surface area (Å²) >= 11 is 0. The van der Waals surface area contributed by atoms with Gasteiger partial charge in [0.2, 0.25) is 0 Å². The zero-order chi connectivity index (χ0) is 14.5.